The van der Waals surface area contributed by atoms with Crippen LogP contribution < -0.4 is 4.72 Å². The molecule has 0 aromatic rings. The molecule has 2 aliphatic rings. The van der Waals surface area contributed by atoms with Crippen molar-refractivity contribution in [2.45, 2.75) is 80.4 Å². The summed E-state index contributed by atoms with van der Waals surface area (Å²) >= 11 is 1.08. The number of aliphatic hydroxyl groups excluding tert-OH is 3. The van der Waals surface area contributed by atoms with Gasteiger partial charge in [0, 0.05) is 5.75 Å². The van der Waals surface area contributed by atoms with Gasteiger partial charge in [-0.15, -0.1) is 11.8 Å². The summed E-state index contributed by atoms with van der Waals surface area (Å²) in [5.74, 6) is 0.119. The van der Waals surface area contributed by atoms with Crippen molar-refractivity contribution < 1.29 is 28.7 Å². The number of nitrogens with one attached hydrogen (secondary N) is 1. The highest BCUT2D eigenvalue weighted by Gasteiger charge is 2.47. The van der Waals surface area contributed by atoms with Crippen molar-refractivity contribution in [1.29, 1.82) is 0 Å². The van der Waals surface area contributed by atoms with E-state index in [1.807, 2.05) is 20.8 Å². The third-order valence-electron chi connectivity index (χ3n) is 4.21. The molecule has 8 atom stereocenters. The molecule has 2 unspecified atom stereocenters. The normalized spacial score (nSPS) is 43.1. The van der Waals surface area contributed by atoms with E-state index in [1.54, 1.807) is 12.2 Å². The molecule has 0 saturated carbocycles. The Labute approximate surface area is 154 Å². The first-order chi connectivity index (χ1) is 11.6. The van der Waals surface area contributed by atoms with Gasteiger partial charge in [0.2, 0.25) is 0 Å². The Morgan fingerprint density at radius 2 is 1.80 bits per heavy atom. The number of rotatable bonds is 2. The van der Waals surface area contributed by atoms with E-state index in [0.717, 1.165) is 11.8 Å². The lowest BCUT2D eigenvalue weighted by molar-refractivity contribution is -0.203. The van der Waals surface area contributed by atoms with E-state index in [-0.39, 0.29) is 12.2 Å². The number of hydrogen-bond donors (Lipinski definition) is 4. The number of aliphatic hydroxyl groups is 3. The van der Waals surface area contributed by atoms with Crippen LogP contribution >= 0.6 is 11.8 Å². The molecule has 0 aromatic carbocycles. The molecule has 0 aromatic heterocycles. The van der Waals surface area contributed by atoms with Crippen LogP contribution in [0, 0.1) is 0 Å². The number of allylic oxidation sites excluding steroid dienone is 1. The van der Waals surface area contributed by atoms with Gasteiger partial charge >= 0.3 is 0 Å². The van der Waals surface area contributed by atoms with Gasteiger partial charge in [-0.2, -0.15) is 0 Å². The second kappa shape index (κ2) is 8.77. The van der Waals surface area contributed by atoms with Crippen LogP contribution in [0.2, 0.25) is 0 Å². The first-order valence-corrected chi connectivity index (χ1v) is 10.6. The molecule has 4 N–H and O–H groups in total. The molecule has 0 radical (unpaired) electrons. The molecule has 1 saturated heterocycles. The van der Waals surface area contributed by atoms with Crippen molar-refractivity contribution in [2.75, 3.05) is 5.75 Å². The summed E-state index contributed by atoms with van der Waals surface area (Å²) in [6, 6.07) is -0.548. The topological polar surface area (TPSA) is 99.0 Å². The predicted molar refractivity (Wildman–Crippen MR) is 97.2 cm³/mol. The number of halogens is 1. The molecule has 9 heteroatoms. The minimum absolute atomic E-state index is 0.119. The molecule has 6 nitrogen and oxygen atoms in total. The number of thioether (sulfide) groups is 1. The third kappa shape index (κ3) is 5.47. The van der Waals surface area contributed by atoms with Crippen molar-refractivity contribution in [3.8, 4) is 0 Å². The van der Waals surface area contributed by atoms with Gasteiger partial charge in [0.1, 0.15) is 36.0 Å². The van der Waals surface area contributed by atoms with Gasteiger partial charge in [-0.25, -0.2) is 13.3 Å². The number of ether oxygens (including phenoxy) is 1. The average molecular weight is 398 g/mol. The van der Waals surface area contributed by atoms with E-state index in [9.17, 15) is 23.9 Å². The maximum atomic E-state index is 13.9. The Kier molecular flexibility index (Phi) is 7.46. The van der Waals surface area contributed by atoms with Crippen LogP contribution in [0.4, 0.5) is 4.39 Å². The van der Waals surface area contributed by atoms with E-state index in [1.165, 1.54) is 0 Å². The molecule has 0 aliphatic carbocycles. The smallest absolute Gasteiger partial charge is 0.132 e. The lowest BCUT2D eigenvalue weighted by Gasteiger charge is -2.43. The minimum Gasteiger partial charge on any atom is -0.388 e. The number of fused-ring (bicyclic) bond motifs is 2. The Bertz CT molecular complexity index is 501. The molecule has 0 amide bonds. The zero-order chi connectivity index (χ0) is 18.8. The Morgan fingerprint density at radius 1 is 1.16 bits per heavy atom. The Hall–Kier alpha value is -0.0300. The Morgan fingerprint density at radius 3 is 2.44 bits per heavy atom. The summed E-state index contributed by atoms with van der Waals surface area (Å²) in [7, 11) is -1.41. The summed E-state index contributed by atoms with van der Waals surface area (Å²) in [5, 5.41) is 30.7. The largest absolute Gasteiger partial charge is 0.388 e. The van der Waals surface area contributed by atoms with Gasteiger partial charge in [0.25, 0.3) is 0 Å². The van der Waals surface area contributed by atoms with E-state index in [0.29, 0.717) is 6.42 Å². The molecule has 2 aliphatic heterocycles. The number of alkyl halides is 1. The summed E-state index contributed by atoms with van der Waals surface area (Å²) in [4.78, 5) is 0. The van der Waals surface area contributed by atoms with E-state index in [2.05, 4.69) is 4.72 Å². The van der Waals surface area contributed by atoms with Gasteiger partial charge in [-0.1, -0.05) is 12.2 Å². The zero-order valence-corrected chi connectivity index (χ0v) is 16.3. The molecular weight excluding hydrogens is 369 g/mol. The van der Waals surface area contributed by atoms with E-state index < -0.39 is 57.8 Å². The van der Waals surface area contributed by atoms with Crippen LogP contribution in [0.1, 0.15) is 33.6 Å². The SMILES string of the molecule is CC(C)(C)[S@@](=O)N[C@@H]1C/C=C\C[C@@H](F)CSC2O[C@H]1[C@@H](O)C(O)[C@H]2O. The quantitative estimate of drug-likeness (QED) is 0.511. The van der Waals surface area contributed by atoms with Gasteiger partial charge in [-0.05, 0) is 33.6 Å². The van der Waals surface area contributed by atoms with Crippen LogP contribution in [0.3, 0.4) is 0 Å². The number of hydrogen-bond acceptors (Lipinski definition) is 6. The molecule has 0 spiro atoms. The van der Waals surface area contributed by atoms with Gasteiger partial charge < -0.3 is 20.1 Å². The summed E-state index contributed by atoms with van der Waals surface area (Å²) < 4.78 is 34.6. The zero-order valence-electron chi connectivity index (χ0n) is 14.7. The lowest BCUT2D eigenvalue weighted by Crippen LogP contribution is -2.62. The van der Waals surface area contributed by atoms with Crippen LogP contribution in [0.15, 0.2) is 12.2 Å². The van der Waals surface area contributed by atoms with Gasteiger partial charge in [0.05, 0.1) is 21.8 Å². The highest BCUT2D eigenvalue weighted by atomic mass is 32.2. The van der Waals surface area contributed by atoms with Crippen molar-refractivity contribution in [3.63, 3.8) is 0 Å². The summed E-state index contributed by atoms with van der Waals surface area (Å²) in [6.07, 6.45) is -1.95. The molecule has 2 heterocycles. The van der Waals surface area contributed by atoms with E-state index >= 15 is 0 Å². The van der Waals surface area contributed by atoms with Gasteiger partial charge in [-0.3, -0.25) is 0 Å². The predicted octanol–water partition coefficient (Wildman–Crippen LogP) is 0.636. The van der Waals surface area contributed by atoms with Crippen molar-refractivity contribution in [2.24, 2.45) is 0 Å². The standard InChI is InChI=1S/C16H28FNO5S2/c1-16(2,3)25(22)18-10-7-5-4-6-9(17)8-24-15-13(21)11(19)12(20)14(10)23-15/h4-5,9-15,18-21H,6-8H2,1-3H3/b5-4-/t9-,10-,11?,12+,13-,14-,15?,25-/m1/s1. The monoisotopic (exact) mass is 397 g/mol. The average Bonchev–Trinajstić information content (AvgIpc) is 2.56. The summed E-state index contributed by atoms with van der Waals surface area (Å²) in [6.45, 7) is 5.46. The fourth-order valence-corrected chi connectivity index (χ4v) is 4.62. The van der Waals surface area contributed by atoms with Crippen molar-refractivity contribution >= 4 is 22.7 Å². The van der Waals surface area contributed by atoms with Crippen LogP contribution in [-0.4, -0.2) is 72.1 Å². The van der Waals surface area contributed by atoms with Crippen LogP contribution in [-0.2, 0) is 15.7 Å². The van der Waals surface area contributed by atoms with Crippen LogP contribution in [0.5, 0.6) is 0 Å². The maximum Gasteiger partial charge on any atom is 0.132 e. The molecule has 146 valence electrons. The maximum absolute atomic E-state index is 13.9. The first kappa shape index (κ1) is 21.3. The van der Waals surface area contributed by atoms with Crippen LogP contribution in [0.25, 0.3) is 0 Å². The first-order valence-electron chi connectivity index (χ1n) is 8.39. The van der Waals surface area contributed by atoms with E-state index in [4.69, 9.17) is 4.74 Å². The highest BCUT2D eigenvalue weighted by Crippen LogP contribution is 2.32. The summed E-state index contributed by atoms with van der Waals surface area (Å²) in [5.41, 5.74) is -0.855. The molecular formula is C16H28FNO5S2. The van der Waals surface area contributed by atoms with Crippen molar-refractivity contribution in [3.05, 3.63) is 12.2 Å². The lowest BCUT2D eigenvalue weighted by atomic mass is 9.93. The Balaban J connectivity index is 2.26. The molecule has 1 fully saturated rings. The molecule has 2 rings (SSSR count). The third-order valence-corrected chi connectivity index (χ3v) is 7.11. The second-order valence-electron chi connectivity index (χ2n) is 7.42. The molecule has 2 bridgehead atoms. The molecule has 25 heavy (non-hydrogen) atoms. The van der Waals surface area contributed by atoms with Gasteiger partial charge in [0.15, 0.2) is 0 Å². The fraction of sp³-hybridized carbons (Fsp3) is 0.875. The minimum atomic E-state index is -1.41. The second-order valence-corrected chi connectivity index (χ2v) is 10.5. The van der Waals surface area contributed by atoms with Crippen molar-refractivity contribution in [1.82, 2.24) is 4.72 Å². The highest BCUT2D eigenvalue weighted by molar-refractivity contribution is 7.99. The fourth-order valence-electron chi connectivity index (χ4n) is 2.66.